The van der Waals surface area contributed by atoms with Crippen LogP contribution >= 0.6 is 0 Å². The number of hydrogen-bond donors (Lipinski definition) is 4. The number of nitrogens with one attached hydrogen (secondary N) is 4. The maximum atomic E-state index is 12.8. The molecule has 0 atom stereocenters. The summed E-state index contributed by atoms with van der Waals surface area (Å²) in [6.45, 7) is 3.47. The maximum Gasteiger partial charge on any atom is 0.273 e. The predicted octanol–water partition coefficient (Wildman–Crippen LogP) is 1.82. The van der Waals surface area contributed by atoms with Gasteiger partial charge in [0, 0.05) is 19.2 Å². The van der Waals surface area contributed by atoms with E-state index in [-0.39, 0.29) is 11.6 Å². The highest BCUT2D eigenvalue weighted by atomic mass is 16.1. The average molecular weight is 422 g/mol. The van der Waals surface area contributed by atoms with Gasteiger partial charge >= 0.3 is 0 Å². The first-order valence-electron chi connectivity index (χ1n) is 10.8. The second kappa shape index (κ2) is 10.1. The minimum atomic E-state index is -0.211. The van der Waals surface area contributed by atoms with Crippen molar-refractivity contribution in [1.82, 2.24) is 30.8 Å². The van der Waals surface area contributed by atoms with Crippen molar-refractivity contribution in [3.05, 3.63) is 29.8 Å². The molecule has 0 aromatic carbocycles. The van der Waals surface area contributed by atoms with Crippen molar-refractivity contribution in [3.63, 3.8) is 0 Å². The van der Waals surface area contributed by atoms with Gasteiger partial charge in [0.25, 0.3) is 5.91 Å². The smallest absolute Gasteiger partial charge is 0.273 e. The van der Waals surface area contributed by atoms with Gasteiger partial charge in [-0.2, -0.15) is 5.26 Å². The topological polar surface area (TPSA) is 141 Å². The minimum Gasteiger partial charge on any atom is -0.383 e. The van der Waals surface area contributed by atoms with E-state index in [0.29, 0.717) is 41.4 Å². The molecule has 10 nitrogen and oxygen atoms in total. The molecule has 3 heterocycles. The molecular weight excluding hydrogens is 394 g/mol. The Labute approximate surface area is 181 Å². The van der Waals surface area contributed by atoms with Crippen molar-refractivity contribution in [2.24, 2.45) is 11.8 Å². The molecule has 0 unspecified atom stereocenters. The summed E-state index contributed by atoms with van der Waals surface area (Å²) >= 11 is 0. The summed E-state index contributed by atoms with van der Waals surface area (Å²) < 4.78 is 0. The monoisotopic (exact) mass is 421 g/mol. The van der Waals surface area contributed by atoms with Gasteiger partial charge in [-0.3, -0.25) is 4.79 Å². The quantitative estimate of drug-likeness (QED) is 0.502. The van der Waals surface area contributed by atoms with Crippen LogP contribution in [0.5, 0.6) is 0 Å². The third-order valence-electron chi connectivity index (χ3n) is 5.85. The Balaban J connectivity index is 1.48. The first-order chi connectivity index (χ1) is 15.2. The van der Waals surface area contributed by atoms with Gasteiger partial charge in [-0.15, -0.1) is 10.2 Å². The number of anilines is 3. The molecule has 1 amide bonds. The molecule has 162 valence electrons. The molecular formula is C21H27N9O. The standard InChI is InChI=1S/C21H27N9O/c22-9-16-12-26-19(13-24-16)28-18-8-17(25-10-15-4-6-23-7-5-15)20(30-29-18)21(31)27-11-14-2-1-3-14/h8,12-15,23H,1-7,10-11H2,(H,27,31)(H2,25,26,28,29). The van der Waals surface area contributed by atoms with Crippen LogP contribution in [0.4, 0.5) is 17.3 Å². The van der Waals surface area contributed by atoms with E-state index in [0.717, 1.165) is 32.5 Å². The van der Waals surface area contributed by atoms with Crippen molar-refractivity contribution in [2.45, 2.75) is 32.1 Å². The summed E-state index contributed by atoms with van der Waals surface area (Å²) in [5.74, 6) is 1.79. The lowest BCUT2D eigenvalue weighted by Crippen LogP contribution is -2.34. The molecule has 4 N–H and O–H groups in total. The molecule has 0 radical (unpaired) electrons. The van der Waals surface area contributed by atoms with Gasteiger partial charge in [0.2, 0.25) is 0 Å². The number of piperidine rings is 1. The fourth-order valence-electron chi connectivity index (χ4n) is 3.69. The van der Waals surface area contributed by atoms with E-state index in [1.165, 1.54) is 31.7 Å². The predicted molar refractivity (Wildman–Crippen MR) is 116 cm³/mol. The maximum absolute atomic E-state index is 12.8. The number of carbonyl (C=O) groups excluding carboxylic acids is 1. The molecule has 1 saturated carbocycles. The minimum absolute atomic E-state index is 0.211. The van der Waals surface area contributed by atoms with Gasteiger partial charge in [0.05, 0.1) is 18.1 Å². The van der Waals surface area contributed by atoms with Crippen molar-refractivity contribution in [2.75, 3.05) is 36.8 Å². The Bertz CT molecular complexity index is 931. The van der Waals surface area contributed by atoms with Crippen LogP contribution < -0.4 is 21.3 Å². The summed E-state index contributed by atoms with van der Waals surface area (Å²) in [5.41, 5.74) is 1.17. The van der Waals surface area contributed by atoms with Gasteiger partial charge in [-0.25, -0.2) is 9.97 Å². The molecule has 1 saturated heterocycles. The highest BCUT2D eigenvalue weighted by molar-refractivity contribution is 5.97. The largest absolute Gasteiger partial charge is 0.383 e. The second-order valence-corrected chi connectivity index (χ2v) is 8.10. The number of rotatable bonds is 8. The lowest BCUT2D eigenvalue weighted by Gasteiger charge is -2.25. The van der Waals surface area contributed by atoms with Crippen LogP contribution in [0.15, 0.2) is 18.5 Å². The number of nitriles is 1. The summed E-state index contributed by atoms with van der Waals surface area (Å²) in [4.78, 5) is 20.9. The number of amides is 1. The summed E-state index contributed by atoms with van der Waals surface area (Å²) in [7, 11) is 0. The Hall–Kier alpha value is -3.32. The zero-order valence-corrected chi connectivity index (χ0v) is 17.4. The fourth-order valence-corrected chi connectivity index (χ4v) is 3.69. The van der Waals surface area contributed by atoms with Crippen LogP contribution in [0.2, 0.25) is 0 Å². The van der Waals surface area contributed by atoms with Crippen LogP contribution in [0.3, 0.4) is 0 Å². The van der Waals surface area contributed by atoms with E-state index >= 15 is 0 Å². The van der Waals surface area contributed by atoms with Crippen LogP contribution in [0.25, 0.3) is 0 Å². The molecule has 0 bridgehead atoms. The molecule has 31 heavy (non-hydrogen) atoms. The molecule has 4 rings (SSSR count). The number of carbonyl (C=O) groups is 1. The summed E-state index contributed by atoms with van der Waals surface area (Å²) in [5, 5.41) is 30.0. The van der Waals surface area contributed by atoms with E-state index in [1.807, 2.05) is 6.07 Å². The molecule has 2 aromatic heterocycles. The van der Waals surface area contributed by atoms with Crippen LogP contribution in [-0.4, -0.2) is 52.3 Å². The van der Waals surface area contributed by atoms with Gasteiger partial charge in [-0.05, 0) is 50.6 Å². The molecule has 2 fully saturated rings. The van der Waals surface area contributed by atoms with Crippen molar-refractivity contribution >= 4 is 23.2 Å². The number of hydrogen-bond acceptors (Lipinski definition) is 9. The van der Waals surface area contributed by atoms with Crippen molar-refractivity contribution < 1.29 is 4.79 Å². The van der Waals surface area contributed by atoms with E-state index in [4.69, 9.17) is 5.26 Å². The van der Waals surface area contributed by atoms with Crippen LogP contribution in [-0.2, 0) is 0 Å². The van der Waals surface area contributed by atoms with Crippen molar-refractivity contribution in [3.8, 4) is 6.07 Å². The van der Waals surface area contributed by atoms with Crippen molar-refractivity contribution in [1.29, 1.82) is 5.26 Å². The van der Waals surface area contributed by atoms with Gasteiger partial charge in [0.1, 0.15) is 11.9 Å². The SMILES string of the molecule is N#Cc1cnc(Nc2cc(NCC3CCNCC3)c(C(=O)NCC3CCC3)nn2)cn1. The number of aromatic nitrogens is 4. The Morgan fingerprint density at radius 1 is 1.06 bits per heavy atom. The third kappa shape index (κ3) is 5.64. The van der Waals surface area contributed by atoms with E-state index in [1.54, 1.807) is 6.07 Å². The van der Waals surface area contributed by atoms with Crippen LogP contribution in [0, 0.1) is 23.2 Å². The zero-order chi connectivity index (χ0) is 21.5. The lowest BCUT2D eigenvalue weighted by atomic mass is 9.85. The highest BCUT2D eigenvalue weighted by Gasteiger charge is 2.21. The van der Waals surface area contributed by atoms with E-state index in [2.05, 4.69) is 41.4 Å². The van der Waals surface area contributed by atoms with Gasteiger partial charge in [0.15, 0.2) is 17.2 Å². The summed E-state index contributed by atoms with van der Waals surface area (Å²) in [6.07, 6.45) is 8.61. The molecule has 2 aliphatic rings. The molecule has 1 aliphatic heterocycles. The average Bonchev–Trinajstić information content (AvgIpc) is 2.78. The first kappa shape index (κ1) is 20.9. The Morgan fingerprint density at radius 3 is 2.55 bits per heavy atom. The normalized spacial score (nSPS) is 16.7. The zero-order valence-electron chi connectivity index (χ0n) is 17.4. The molecule has 0 spiro atoms. The molecule has 10 heteroatoms. The van der Waals surface area contributed by atoms with Crippen LogP contribution in [0.1, 0.15) is 48.3 Å². The third-order valence-corrected chi connectivity index (χ3v) is 5.85. The lowest BCUT2D eigenvalue weighted by molar-refractivity contribution is 0.0934. The fraction of sp³-hybridized carbons (Fsp3) is 0.524. The molecule has 2 aromatic rings. The van der Waals surface area contributed by atoms with E-state index in [9.17, 15) is 4.79 Å². The molecule has 1 aliphatic carbocycles. The first-order valence-corrected chi connectivity index (χ1v) is 10.8. The van der Waals surface area contributed by atoms with E-state index < -0.39 is 0 Å². The Morgan fingerprint density at radius 2 is 1.87 bits per heavy atom. The summed E-state index contributed by atoms with van der Waals surface area (Å²) in [6, 6.07) is 3.70. The van der Waals surface area contributed by atoms with Gasteiger partial charge < -0.3 is 21.3 Å². The number of nitrogens with zero attached hydrogens (tertiary/aromatic N) is 5. The van der Waals surface area contributed by atoms with Gasteiger partial charge in [-0.1, -0.05) is 6.42 Å². The highest BCUT2D eigenvalue weighted by Crippen LogP contribution is 2.26. The second-order valence-electron chi connectivity index (χ2n) is 8.10. The Kier molecular flexibility index (Phi) is 6.84.